The average Bonchev–Trinajstić information content (AvgIpc) is 2.18. The van der Waals surface area contributed by atoms with Gasteiger partial charge in [0, 0.05) is 0 Å². The van der Waals surface area contributed by atoms with Gasteiger partial charge in [-0.25, -0.2) is 0 Å². The van der Waals surface area contributed by atoms with Crippen molar-refractivity contribution in [2.45, 2.75) is 26.1 Å². The molecule has 1 aromatic rings. The van der Waals surface area contributed by atoms with Crippen molar-refractivity contribution < 1.29 is 22.6 Å². The van der Waals surface area contributed by atoms with Gasteiger partial charge in [-0.1, -0.05) is 13.0 Å². The fourth-order valence-corrected chi connectivity index (χ4v) is 1.31. The van der Waals surface area contributed by atoms with Gasteiger partial charge in [-0.05, 0) is 37.5 Å². The lowest BCUT2D eigenvalue weighted by molar-refractivity contribution is -0.275. The van der Waals surface area contributed by atoms with Crippen molar-refractivity contribution in [3.8, 4) is 11.5 Å². The normalized spacial score (nSPS) is 11.7. The highest BCUT2D eigenvalue weighted by molar-refractivity contribution is 5.44. The Hall–Kier alpha value is -1.39. The van der Waals surface area contributed by atoms with Crippen LogP contribution in [0.4, 0.5) is 13.2 Å². The third-order valence-electron chi connectivity index (χ3n) is 2.06. The Balaban J connectivity index is 3.06. The molecule has 1 aromatic carbocycles. The minimum atomic E-state index is -4.73. The molecule has 2 nitrogen and oxygen atoms in total. The Bertz CT molecular complexity index is 373. The van der Waals surface area contributed by atoms with Gasteiger partial charge in [-0.3, -0.25) is 0 Å². The second kappa shape index (κ2) is 5.29. The molecule has 0 saturated heterocycles. The van der Waals surface area contributed by atoms with Crippen LogP contribution < -0.4 is 9.47 Å². The van der Waals surface area contributed by atoms with E-state index < -0.39 is 6.36 Å². The molecule has 0 fully saturated rings. The maximum Gasteiger partial charge on any atom is 0.573 e. The van der Waals surface area contributed by atoms with E-state index in [-0.39, 0.29) is 24.0 Å². The standard InChI is InChI=1S/C12H14F3O2/c1-4-16-10-6-5-9(8(2)3)7-11(10)17-12(13,14)15/h5-8H,2,4H2,1,3H3. The van der Waals surface area contributed by atoms with Gasteiger partial charge in [0.05, 0.1) is 6.61 Å². The minimum absolute atomic E-state index is 0.0780. The van der Waals surface area contributed by atoms with Crippen LogP contribution in [0.1, 0.15) is 25.3 Å². The van der Waals surface area contributed by atoms with Crippen LogP contribution in [0.2, 0.25) is 0 Å². The van der Waals surface area contributed by atoms with Crippen molar-refractivity contribution >= 4 is 0 Å². The van der Waals surface area contributed by atoms with Gasteiger partial charge in [0.1, 0.15) is 0 Å². The van der Waals surface area contributed by atoms with Crippen LogP contribution in [0.15, 0.2) is 18.2 Å². The molecule has 0 aromatic heterocycles. The van der Waals surface area contributed by atoms with E-state index in [4.69, 9.17) is 4.74 Å². The summed E-state index contributed by atoms with van der Waals surface area (Å²) < 4.78 is 45.6. The number of halogens is 3. The Kier molecular flexibility index (Phi) is 4.26. The SMILES string of the molecule is [CH2]C(C)c1ccc(OCC)c(OC(F)(F)F)c1. The second-order valence-electron chi connectivity index (χ2n) is 3.59. The zero-order valence-electron chi connectivity index (χ0n) is 9.67. The van der Waals surface area contributed by atoms with Crippen LogP contribution in [0.25, 0.3) is 0 Å². The van der Waals surface area contributed by atoms with Crippen LogP contribution in [0.3, 0.4) is 0 Å². The van der Waals surface area contributed by atoms with Gasteiger partial charge in [-0.15, -0.1) is 13.2 Å². The maximum atomic E-state index is 12.2. The fraction of sp³-hybridized carbons (Fsp3) is 0.417. The molecule has 0 spiro atoms. The Morgan fingerprint density at radius 3 is 2.41 bits per heavy atom. The molecule has 1 atom stereocenters. The Labute approximate surface area is 98.3 Å². The third-order valence-corrected chi connectivity index (χ3v) is 2.06. The fourth-order valence-electron chi connectivity index (χ4n) is 1.31. The van der Waals surface area contributed by atoms with Crippen molar-refractivity contribution in [3.63, 3.8) is 0 Å². The van der Waals surface area contributed by atoms with Crippen LogP contribution in [-0.2, 0) is 0 Å². The topological polar surface area (TPSA) is 18.5 Å². The number of rotatable bonds is 4. The average molecular weight is 247 g/mol. The van der Waals surface area contributed by atoms with Crippen LogP contribution >= 0.6 is 0 Å². The summed E-state index contributed by atoms with van der Waals surface area (Å²) in [6, 6.07) is 4.43. The molecule has 0 aliphatic carbocycles. The molecule has 0 aliphatic heterocycles. The summed E-state index contributed by atoms with van der Waals surface area (Å²) in [6.07, 6.45) is -4.73. The highest BCUT2D eigenvalue weighted by Gasteiger charge is 2.32. The molecule has 95 valence electrons. The molecule has 5 heteroatoms. The molecule has 0 aliphatic rings. The van der Waals surface area contributed by atoms with Crippen molar-refractivity contribution in [2.24, 2.45) is 0 Å². The van der Waals surface area contributed by atoms with E-state index in [1.165, 1.54) is 12.1 Å². The molecular formula is C12H14F3O2. The lowest BCUT2D eigenvalue weighted by Gasteiger charge is -2.15. The van der Waals surface area contributed by atoms with Crippen molar-refractivity contribution in [2.75, 3.05) is 6.61 Å². The molecular weight excluding hydrogens is 233 g/mol. The van der Waals surface area contributed by atoms with Crippen LogP contribution in [0.5, 0.6) is 11.5 Å². The monoisotopic (exact) mass is 247 g/mol. The zero-order valence-corrected chi connectivity index (χ0v) is 9.67. The Morgan fingerprint density at radius 1 is 1.29 bits per heavy atom. The zero-order chi connectivity index (χ0) is 13.1. The molecule has 0 bridgehead atoms. The lowest BCUT2D eigenvalue weighted by atomic mass is 10.0. The van der Waals surface area contributed by atoms with E-state index in [0.29, 0.717) is 5.56 Å². The number of alkyl halides is 3. The maximum absolute atomic E-state index is 12.2. The van der Waals surface area contributed by atoms with Gasteiger partial charge in [0.2, 0.25) is 0 Å². The molecule has 0 N–H and O–H groups in total. The van der Waals surface area contributed by atoms with Crippen molar-refractivity contribution in [3.05, 3.63) is 30.7 Å². The van der Waals surface area contributed by atoms with E-state index in [1.54, 1.807) is 19.9 Å². The van der Waals surface area contributed by atoms with E-state index in [0.717, 1.165) is 0 Å². The summed E-state index contributed by atoms with van der Waals surface area (Å²) in [4.78, 5) is 0. The van der Waals surface area contributed by atoms with E-state index in [9.17, 15) is 13.2 Å². The van der Waals surface area contributed by atoms with Gasteiger partial charge in [0.25, 0.3) is 0 Å². The number of ether oxygens (including phenoxy) is 2. The van der Waals surface area contributed by atoms with Gasteiger partial charge >= 0.3 is 6.36 Å². The highest BCUT2D eigenvalue weighted by atomic mass is 19.4. The van der Waals surface area contributed by atoms with Crippen LogP contribution in [-0.4, -0.2) is 13.0 Å². The number of hydrogen-bond acceptors (Lipinski definition) is 2. The van der Waals surface area contributed by atoms with E-state index >= 15 is 0 Å². The summed E-state index contributed by atoms with van der Waals surface area (Å²) in [5, 5.41) is 0. The molecule has 1 radical (unpaired) electrons. The summed E-state index contributed by atoms with van der Waals surface area (Å²) in [7, 11) is 0. The minimum Gasteiger partial charge on any atom is -0.490 e. The van der Waals surface area contributed by atoms with Gasteiger partial charge in [0.15, 0.2) is 11.5 Å². The molecule has 17 heavy (non-hydrogen) atoms. The van der Waals surface area contributed by atoms with Gasteiger partial charge < -0.3 is 9.47 Å². The van der Waals surface area contributed by atoms with Crippen molar-refractivity contribution in [1.82, 2.24) is 0 Å². The van der Waals surface area contributed by atoms with Crippen molar-refractivity contribution in [1.29, 1.82) is 0 Å². The first-order chi connectivity index (χ1) is 7.83. The lowest BCUT2D eigenvalue weighted by Crippen LogP contribution is -2.18. The smallest absolute Gasteiger partial charge is 0.490 e. The summed E-state index contributed by atoms with van der Waals surface area (Å²) in [5.41, 5.74) is 0.660. The predicted octanol–water partition coefficient (Wildman–Crippen LogP) is 3.92. The first-order valence-electron chi connectivity index (χ1n) is 5.19. The summed E-state index contributed by atoms with van der Waals surface area (Å²) >= 11 is 0. The molecule has 1 rings (SSSR count). The van der Waals surface area contributed by atoms with E-state index in [1.807, 2.05) is 0 Å². The van der Waals surface area contributed by atoms with Crippen LogP contribution in [0, 0.1) is 6.92 Å². The molecule has 0 amide bonds. The summed E-state index contributed by atoms with van der Waals surface area (Å²) in [6.45, 7) is 7.49. The van der Waals surface area contributed by atoms with E-state index in [2.05, 4.69) is 11.7 Å². The Morgan fingerprint density at radius 2 is 1.94 bits per heavy atom. The quantitative estimate of drug-likeness (QED) is 0.802. The van der Waals surface area contributed by atoms with Gasteiger partial charge in [-0.2, -0.15) is 0 Å². The predicted molar refractivity (Wildman–Crippen MR) is 58.1 cm³/mol. The number of benzene rings is 1. The molecule has 0 saturated carbocycles. The molecule has 0 heterocycles. The highest BCUT2D eigenvalue weighted by Crippen LogP contribution is 2.34. The second-order valence-corrected chi connectivity index (χ2v) is 3.59. The first kappa shape index (κ1) is 13.7. The number of hydrogen-bond donors (Lipinski definition) is 0. The summed E-state index contributed by atoms with van der Waals surface area (Å²) in [5.74, 6) is -0.372. The molecule has 1 unspecified atom stereocenters. The third kappa shape index (κ3) is 4.17. The largest absolute Gasteiger partial charge is 0.573 e. The first-order valence-corrected chi connectivity index (χ1v) is 5.19.